The molecule has 0 aliphatic heterocycles. The lowest BCUT2D eigenvalue weighted by molar-refractivity contribution is 1.26. The van der Waals surface area contributed by atoms with Crippen LogP contribution in [0, 0.1) is 0 Å². The highest BCUT2D eigenvalue weighted by molar-refractivity contribution is 6.32. The fourth-order valence-corrected chi connectivity index (χ4v) is 2.59. The first-order chi connectivity index (χ1) is 7.25. The number of benzene rings is 2. The van der Waals surface area contributed by atoms with Gasteiger partial charge in [-0.15, -0.1) is 0 Å². The summed E-state index contributed by atoms with van der Waals surface area (Å²) < 4.78 is 0. The van der Waals surface area contributed by atoms with Gasteiger partial charge in [-0.3, -0.25) is 0 Å². The summed E-state index contributed by atoms with van der Waals surface area (Å²) in [5.41, 5.74) is 4.99. The first-order valence-electron chi connectivity index (χ1n) is 4.82. The molecule has 0 amide bonds. The maximum Gasteiger partial charge on any atom is 0.0447 e. The van der Waals surface area contributed by atoms with Gasteiger partial charge in [-0.25, -0.2) is 0 Å². The number of rotatable bonds is 0. The molecule has 0 fully saturated rings. The molecule has 0 atom stereocenters. The van der Waals surface area contributed by atoms with Gasteiger partial charge in [0.15, 0.2) is 0 Å². The number of hydrogen-bond donors (Lipinski definition) is 0. The van der Waals surface area contributed by atoms with Crippen molar-refractivity contribution in [1.82, 2.24) is 0 Å². The van der Waals surface area contributed by atoms with Gasteiger partial charge in [-0.2, -0.15) is 0 Å². The van der Waals surface area contributed by atoms with Crippen molar-refractivity contribution in [2.45, 2.75) is 6.42 Å². The Morgan fingerprint density at radius 1 is 0.933 bits per heavy atom. The molecule has 1 aliphatic carbocycles. The fourth-order valence-electron chi connectivity index (χ4n) is 2.15. The van der Waals surface area contributed by atoms with Gasteiger partial charge in [-0.1, -0.05) is 41.4 Å². The molecule has 2 aromatic carbocycles. The van der Waals surface area contributed by atoms with Crippen molar-refractivity contribution >= 4 is 23.2 Å². The van der Waals surface area contributed by atoms with Crippen LogP contribution in [0.15, 0.2) is 36.4 Å². The highest BCUT2D eigenvalue weighted by Gasteiger charge is 2.20. The largest absolute Gasteiger partial charge is 0.0843 e. The third-order valence-electron chi connectivity index (χ3n) is 2.84. The molecule has 0 radical (unpaired) electrons. The average Bonchev–Trinajstić information content (AvgIpc) is 2.57. The first-order valence-corrected chi connectivity index (χ1v) is 5.57. The predicted molar refractivity (Wildman–Crippen MR) is 64.7 cm³/mol. The van der Waals surface area contributed by atoms with Gasteiger partial charge in [0.05, 0.1) is 0 Å². The Morgan fingerprint density at radius 3 is 2.67 bits per heavy atom. The van der Waals surface area contributed by atoms with Gasteiger partial charge < -0.3 is 0 Å². The molecular weight excluding hydrogens is 227 g/mol. The van der Waals surface area contributed by atoms with Gasteiger partial charge >= 0.3 is 0 Å². The van der Waals surface area contributed by atoms with E-state index in [-0.39, 0.29) is 0 Å². The average molecular weight is 235 g/mol. The van der Waals surface area contributed by atoms with Crippen LogP contribution in [-0.2, 0) is 6.42 Å². The molecule has 0 heterocycles. The molecule has 0 saturated carbocycles. The summed E-state index contributed by atoms with van der Waals surface area (Å²) in [6.07, 6.45) is 0.894. The van der Waals surface area contributed by atoms with Gasteiger partial charge in [0.2, 0.25) is 0 Å². The van der Waals surface area contributed by atoms with Gasteiger partial charge in [0.1, 0.15) is 0 Å². The molecular formula is C13H8Cl2. The van der Waals surface area contributed by atoms with E-state index in [9.17, 15) is 0 Å². The molecule has 0 N–H and O–H groups in total. The minimum Gasteiger partial charge on any atom is -0.0843 e. The molecule has 0 unspecified atom stereocenters. The Labute approximate surface area is 98.5 Å². The zero-order valence-electron chi connectivity index (χ0n) is 7.93. The number of fused-ring (bicyclic) bond motifs is 3. The second-order valence-electron chi connectivity index (χ2n) is 3.74. The fraction of sp³-hybridized carbons (Fsp3) is 0.0769. The SMILES string of the molecule is Clc1ccc2c(c1)Cc1c(Cl)cccc1-2. The van der Waals surface area contributed by atoms with Crippen molar-refractivity contribution in [1.29, 1.82) is 0 Å². The molecule has 0 spiro atoms. The van der Waals surface area contributed by atoms with Crippen molar-refractivity contribution in [3.63, 3.8) is 0 Å². The highest BCUT2D eigenvalue weighted by atomic mass is 35.5. The molecule has 15 heavy (non-hydrogen) atoms. The van der Waals surface area contributed by atoms with E-state index in [1.54, 1.807) is 0 Å². The van der Waals surface area contributed by atoms with Crippen molar-refractivity contribution in [3.05, 3.63) is 57.6 Å². The molecule has 2 heteroatoms. The van der Waals surface area contributed by atoms with E-state index in [0.29, 0.717) is 0 Å². The molecule has 0 saturated heterocycles. The van der Waals surface area contributed by atoms with Crippen molar-refractivity contribution < 1.29 is 0 Å². The minimum atomic E-state index is 0.790. The summed E-state index contributed by atoms with van der Waals surface area (Å²) >= 11 is 12.1. The summed E-state index contributed by atoms with van der Waals surface area (Å²) in [5, 5.41) is 1.64. The van der Waals surface area contributed by atoms with Gasteiger partial charge in [-0.05, 0) is 40.5 Å². The summed E-state index contributed by atoms with van der Waals surface area (Å²) in [4.78, 5) is 0. The van der Waals surface area contributed by atoms with Gasteiger partial charge in [0, 0.05) is 16.5 Å². The lowest BCUT2D eigenvalue weighted by atomic mass is 10.1. The van der Waals surface area contributed by atoms with Crippen LogP contribution in [0.1, 0.15) is 11.1 Å². The van der Waals surface area contributed by atoms with Crippen LogP contribution in [0.4, 0.5) is 0 Å². The first kappa shape index (κ1) is 9.26. The van der Waals surface area contributed by atoms with Crippen LogP contribution >= 0.6 is 23.2 Å². The van der Waals surface area contributed by atoms with Crippen LogP contribution in [-0.4, -0.2) is 0 Å². The highest BCUT2D eigenvalue weighted by Crippen LogP contribution is 2.40. The second kappa shape index (κ2) is 3.26. The second-order valence-corrected chi connectivity index (χ2v) is 4.59. The minimum absolute atomic E-state index is 0.790. The zero-order valence-corrected chi connectivity index (χ0v) is 9.44. The molecule has 0 bridgehead atoms. The Morgan fingerprint density at radius 2 is 1.80 bits per heavy atom. The molecule has 3 rings (SSSR count). The van der Waals surface area contributed by atoms with E-state index in [2.05, 4.69) is 12.1 Å². The third-order valence-corrected chi connectivity index (χ3v) is 3.43. The van der Waals surface area contributed by atoms with E-state index in [0.717, 1.165) is 16.5 Å². The van der Waals surface area contributed by atoms with E-state index < -0.39 is 0 Å². The van der Waals surface area contributed by atoms with E-state index in [1.165, 1.54) is 22.3 Å². The Bertz CT molecular complexity index is 544. The zero-order chi connectivity index (χ0) is 10.4. The molecule has 0 aromatic heterocycles. The van der Waals surface area contributed by atoms with Crippen LogP contribution in [0.25, 0.3) is 11.1 Å². The summed E-state index contributed by atoms with van der Waals surface area (Å²) in [5.74, 6) is 0. The Balaban J connectivity index is 2.28. The Hall–Kier alpha value is -0.980. The van der Waals surface area contributed by atoms with Gasteiger partial charge in [0.25, 0.3) is 0 Å². The molecule has 1 aliphatic rings. The third kappa shape index (κ3) is 1.37. The van der Waals surface area contributed by atoms with E-state index in [1.807, 2.05) is 24.3 Å². The van der Waals surface area contributed by atoms with E-state index >= 15 is 0 Å². The smallest absolute Gasteiger partial charge is 0.0447 e. The Kier molecular flexibility index (Phi) is 2.01. The van der Waals surface area contributed by atoms with Crippen molar-refractivity contribution in [2.75, 3.05) is 0 Å². The maximum absolute atomic E-state index is 6.17. The number of halogens is 2. The van der Waals surface area contributed by atoms with Crippen LogP contribution < -0.4 is 0 Å². The standard InChI is InChI=1S/C13H8Cl2/c14-9-4-5-10-8(6-9)7-12-11(10)2-1-3-13(12)15/h1-6H,7H2. The lowest BCUT2D eigenvalue weighted by Gasteiger charge is -2.01. The molecule has 74 valence electrons. The molecule has 2 aromatic rings. The van der Waals surface area contributed by atoms with Crippen molar-refractivity contribution in [2.24, 2.45) is 0 Å². The van der Waals surface area contributed by atoms with Crippen LogP contribution in [0.2, 0.25) is 10.0 Å². The quantitative estimate of drug-likeness (QED) is 0.535. The number of hydrogen-bond acceptors (Lipinski definition) is 0. The predicted octanol–water partition coefficient (Wildman–Crippen LogP) is 4.56. The normalized spacial score (nSPS) is 12.4. The summed E-state index contributed by atoms with van der Waals surface area (Å²) in [6, 6.07) is 12.1. The topological polar surface area (TPSA) is 0 Å². The molecule has 0 nitrogen and oxygen atoms in total. The summed E-state index contributed by atoms with van der Waals surface area (Å²) in [7, 11) is 0. The maximum atomic E-state index is 6.17. The summed E-state index contributed by atoms with van der Waals surface area (Å²) in [6.45, 7) is 0. The van der Waals surface area contributed by atoms with Crippen LogP contribution in [0.5, 0.6) is 0 Å². The lowest BCUT2D eigenvalue weighted by Crippen LogP contribution is -1.81. The van der Waals surface area contributed by atoms with E-state index in [4.69, 9.17) is 23.2 Å². The van der Waals surface area contributed by atoms with Crippen LogP contribution in [0.3, 0.4) is 0 Å². The monoisotopic (exact) mass is 234 g/mol. The van der Waals surface area contributed by atoms with Crippen molar-refractivity contribution in [3.8, 4) is 11.1 Å².